The highest BCUT2D eigenvalue weighted by Crippen LogP contribution is 2.21. The zero-order chi connectivity index (χ0) is 19.2. The van der Waals surface area contributed by atoms with E-state index >= 15 is 0 Å². The molecule has 27 heavy (non-hydrogen) atoms. The number of para-hydroxylation sites is 1. The van der Waals surface area contributed by atoms with Gasteiger partial charge in [-0.25, -0.2) is 0 Å². The van der Waals surface area contributed by atoms with Crippen LogP contribution in [0.4, 0.5) is 0 Å². The predicted octanol–water partition coefficient (Wildman–Crippen LogP) is 3.46. The number of nitrogens with zero attached hydrogens (tertiary/aromatic N) is 2. The smallest absolute Gasteiger partial charge is 0.255 e. The van der Waals surface area contributed by atoms with Crippen molar-refractivity contribution in [1.29, 1.82) is 0 Å². The third-order valence-electron chi connectivity index (χ3n) is 3.71. The number of nitrogens with one attached hydrogen (secondary N) is 1. The lowest BCUT2D eigenvalue weighted by molar-refractivity contribution is 0.0940. The molecule has 3 aromatic rings. The maximum atomic E-state index is 12.5. The lowest BCUT2D eigenvalue weighted by Crippen LogP contribution is -2.24. The molecule has 0 bridgehead atoms. The minimum Gasteiger partial charge on any atom is -0.497 e. The molecule has 0 spiro atoms. The Morgan fingerprint density at radius 1 is 1.15 bits per heavy atom. The second-order valence-electron chi connectivity index (χ2n) is 6.09. The number of amides is 1. The van der Waals surface area contributed by atoms with Gasteiger partial charge in [-0.05, 0) is 50.2 Å². The van der Waals surface area contributed by atoms with Gasteiger partial charge in [-0.2, -0.15) is 4.98 Å². The Bertz CT molecular complexity index is 904. The average Bonchev–Trinajstić information content (AvgIpc) is 3.15. The normalized spacial score (nSPS) is 10.7. The SMILES string of the molecule is COc1ccc(-c2noc(CNC(=O)c3ccccc3OC(C)C)n2)cc1. The molecular weight excluding hydrogens is 346 g/mol. The highest BCUT2D eigenvalue weighted by atomic mass is 16.5. The van der Waals surface area contributed by atoms with Gasteiger partial charge >= 0.3 is 0 Å². The minimum absolute atomic E-state index is 0.0260. The molecule has 1 aromatic heterocycles. The maximum Gasteiger partial charge on any atom is 0.255 e. The third-order valence-corrected chi connectivity index (χ3v) is 3.71. The zero-order valence-corrected chi connectivity index (χ0v) is 15.4. The van der Waals surface area contributed by atoms with Gasteiger partial charge < -0.3 is 19.3 Å². The Morgan fingerprint density at radius 2 is 1.89 bits per heavy atom. The van der Waals surface area contributed by atoms with Crippen LogP contribution in [0.5, 0.6) is 11.5 Å². The fraction of sp³-hybridized carbons (Fsp3) is 0.250. The van der Waals surface area contributed by atoms with E-state index < -0.39 is 0 Å². The number of methoxy groups -OCH3 is 1. The molecule has 0 radical (unpaired) electrons. The van der Waals surface area contributed by atoms with Crippen molar-refractivity contribution in [3.05, 3.63) is 60.0 Å². The molecule has 0 atom stereocenters. The third kappa shape index (κ3) is 4.63. The first kappa shape index (κ1) is 18.4. The molecule has 1 amide bonds. The molecule has 0 aliphatic rings. The van der Waals surface area contributed by atoms with Crippen molar-refractivity contribution in [2.24, 2.45) is 0 Å². The summed E-state index contributed by atoms with van der Waals surface area (Å²) in [6, 6.07) is 14.4. The number of rotatable bonds is 7. The number of hydrogen-bond donors (Lipinski definition) is 1. The van der Waals surface area contributed by atoms with Crippen LogP contribution < -0.4 is 14.8 Å². The second kappa shape index (κ2) is 8.35. The van der Waals surface area contributed by atoms with Gasteiger partial charge in [0.25, 0.3) is 5.91 Å². The van der Waals surface area contributed by atoms with Crippen molar-refractivity contribution >= 4 is 5.91 Å². The van der Waals surface area contributed by atoms with Crippen molar-refractivity contribution in [3.8, 4) is 22.9 Å². The van der Waals surface area contributed by atoms with Crippen molar-refractivity contribution in [2.75, 3.05) is 7.11 Å². The quantitative estimate of drug-likeness (QED) is 0.688. The summed E-state index contributed by atoms with van der Waals surface area (Å²) in [5.74, 6) is 1.78. The Kier molecular flexibility index (Phi) is 5.71. The van der Waals surface area contributed by atoms with E-state index in [1.807, 2.05) is 44.2 Å². The first-order chi connectivity index (χ1) is 13.1. The molecule has 1 heterocycles. The van der Waals surface area contributed by atoms with E-state index in [4.69, 9.17) is 14.0 Å². The summed E-state index contributed by atoms with van der Waals surface area (Å²) in [5.41, 5.74) is 1.26. The van der Waals surface area contributed by atoms with Crippen LogP contribution in [0, 0.1) is 0 Å². The molecule has 0 aliphatic carbocycles. The molecule has 1 N–H and O–H groups in total. The highest BCUT2D eigenvalue weighted by molar-refractivity contribution is 5.96. The zero-order valence-electron chi connectivity index (χ0n) is 15.4. The molecule has 3 rings (SSSR count). The van der Waals surface area contributed by atoms with Crippen LogP contribution in [0.25, 0.3) is 11.4 Å². The van der Waals surface area contributed by atoms with Crippen molar-refractivity contribution < 1.29 is 18.8 Å². The van der Waals surface area contributed by atoms with Gasteiger partial charge in [-0.3, -0.25) is 4.79 Å². The maximum absolute atomic E-state index is 12.5. The molecule has 0 unspecified atom stereocenters. The van der Waals surface area contributed by atoms with Gasteiger partial charge in [0.15, 0.2) is 0 Å². The largest absolute Gasteiger partial charge is 0.497 e. The van der Waals surface area contributed by atoms with Gasteiger partial charge in [0, 0.05) is 5.56 Å². The summed E-state index contributed by atoms with van der Waals surface area (Å²) in [6.07, 6.45) is -0.0260. The van der Waals surface area contributed by atoms with Crippen molar-refractivity contribution in [2.45, 2.75) is 26.5 Å². The van der Waals surface area contributed by atoms with Gasteiger partial charge in [-0.1, -0.05) is 17.3 Å². The van der Waals surface area contributed by atoms with Crippen LogP contribution in [0.2, 0.25) is 0 Å². The van der Waals surface area contributed by atoms with E-state index in [-0.39, 0.29) is 18.6 Å². The summed E-state index contributed by atoms with van der Waals surface area (Å²) in [7, 11) is 1.61. The van der Waals surface area contributed by atoms with Crippen LogP contribution in [0.1, 0.15) is 30.1 Å². The first-order valence-electron chi connectivity index (χ1n) is 8.57. The van der Waals surface area contributed by atoms with E-state index in [0.29, 0.717) is 23.0 Å². The number of benzene rings is 2. The van der Waals surface area contributed by atoms with Crippen molar-refractivity contribution in [3.63, 3.8) is 0 Å². The highest BCUT2D eigenvalue weighted by Gasteiger charge is 2.15. The van der Waals surface area contributed by atoms with E-state index in [1.54, 1.807) is 25.3 Å². The van der Waals surface area contributed by atoms with E-state index in [2.05, 4.69) is 15.5 Å². The lowest BCUT2D eigenvalue weighted by atomic mass is 10.2. The summed E-state index contributed by atoms with van der Waals surface area (Å²) in [6.45, 7) is 3.94. The van der Waals surface area contributed by atoms with Gasteiger partial charge in [0.1, 0.15) is 11.5 Å². The Morgan fingerprint density at radius 3 is 2.59 bits per heavy atom. The molecule has 0 saturated carbocycles. The fourth-order valence-electron chi connectivity index (χ4n) is 2.45. The van der Waals surface area contributed by atoms with E-state index in [1.165, 1.54) is 0 Å². The first-order valence-corrected chi connectivity index (χ1v) is 8.57. The number of aromatic nitrogens is 2. The standard InChI is InChI=1S/C20H21N3O4/c1-13(2)26-17-7-5-4-6-16(17)20(24)21-12-18-22-19(23-27-18)14-8-10-15(25-3)11-9-14/h4-11,13H,12H2,1-3H3,(H,21,24). The van der Waals surface area contributed by atoms with Crippen LogP contribution in [-0.2, 0) is 6.54 Å². The Balaban J connectivity index is 1.65. The number of hydrogen-bond acceptors (Lipinski definition) is 6. The molecular formula is C20H21N3O4. The Hall–Kier alpha value is -3.35. The monoisotopic (exact) mass is 367 g/mol. The average molecular weight is 367 g/mol. The molecule has 0 saturated heterocycles. The number of carbonyl (C=O) groups excluding carboxylic acids is 1. The van der Waals surface area contributed by atoms with E-state index in [9.17, 15) is 4.79 Å². The van der Waals surface area contributed by atoms with Gasteiger partial charge in [-0.15, -0.1) is 0 Å². The molecule has 7 heteroatoms. The summed E-state index contributed by atoms with van der Waals surface area (Å²) >= 11 is 0. The summed E-state index contributed by atoms with van der Waals surface area (Å²) in [4.78, 5) is 16.8. The summed E-state index contributed by atoms with van der Waals surface area (Å²) in [5, 5.41) is 6.72. The van der Waals surface area contributed by atoms with E-state index in [0.717, 1.165) is 11.3 Å². The fourth-order valence-corrected chi connectivity index (χ4v) is 2.45. The van der Waals surface area contributed by atoms with Crippen LogP contribution in [-0.4, -0.2) is 29.3 Å². The lowest BCUT2D eigenvalue weighted by Gasteiger charge is -2.13. The van der Waals surface area contributed by atoms with Crippen molar-refractivity contribution in [1.82, 2.24) is 15.5 Å². The molecule has 7 nitrogen and oxygen atoms in total. The van der Waals surface area contributed by atoms with Gasteiger partial charge in [0.2, 0.25) is 11.7 Å². The molecule has 2 aromatic carbocycles. The second-order valence-corrected chi connectivity index (χ2v) is 6.09. The van der Waals surface area contributed by atoms with Crippen LogP contribution in [0.15, 0.2) is 53.1 Å². The van der Waals surface area contributed by atoms with Gasteiger partial charge in [0.05, 0.1) is 25.3 Å². The topological polar surface area (TPSA) is 86.5 Å². The van der Waals surface area contributed by atoms with Crippen LogP contribution in [0.3, 0.4) is 0 Å². The molecule has 140 valence electrons. The molecule has 0 aliphatic heterocycles. The number of carbonyl (C=O) groups is 1. The Labute approximate surface area is 157 Å². The molecule has 0 fully saturated rings. The minimum atomic E-state index is -0.268. The number of ether oxygens (including phenoxy) is 2. The van der Waals surface area contributed by atoms with Crippen LogP contribution >= 0.6 is 0 Å². The predicted molar refractivity (Wildman–Crippen MR) is 99.7 cm³/mol. The summed E-state index contributed by atoms with van der Waals surface area (Å²) < 4.78 is 16.0.